The van der Waals surface area contributed by atoms with Crippen LogP contribution in [0.2, 0.25) is 0 Å². The van der Waals surface area contributed by atoms with Gasteiger partial charge in [0.05, 0.1) is 0 Å². The Morgan fingerprint density at radius 1 is 1.14 bits per heavy atom. The molecule has 0 atom stereocenters. The van der Waals surface area contributed by atoms with Gasteiger partial charge < -0.3 is 9.84 Å². The van der Waals surface area contributed by atoms with Crippen LogP contribution in [0.4, 0.5) is 26.3 Å². The van der Waals surface area contributed by atoms with E-state index < -0.39 is 30.5 Å². The standard InChI is InChI=1S/C12H10F6O3/c1-7-3-2-4-8(5-7)6-21-9(19)10(20,11(13,14)15)12(16,17)18/h2-5,20H,6H2,1H3. The maximum atomic E-state index is 12.4. The number of hydrogen-bond acceptors (Lipinski definition) is 3. The summed E-state index contributed by atoms with van der Waals surface area (Å²) in [5.74, 6) is -2.82. The molecule has 0 unspecified atom stereocenters. The monoisotopic (exact) mass is 316 g/mol. The van der Waals surface area contributed by atoms with Crippen LogP contribution in [0.3, 0.4) is 0 Å². The van der Waals surface area contributed by atoms with Crippen molar-refractivity contribution in [3.63, 3.8) is 0 Å². The molecule has 0 saturated heterocycles. The number of halogens is 6. The molecule has 0 aliphatic carbocycles. The molecule has 0 aliphatic rings. The zero-order chi connectivity index (χ0) is 16.5. The number of carbonyl (C=O) groups excluding carboxylic acids is 1. The number of aryl methyl sites for hydroxylation is 1. The Labute approximate surface area is 115 Å². The molecule has 0 radical (unpaired) electrons. The Bertz CT molecular complexity index is 506. The van der Waals surface area contributed by atoms with Gasteiger partial charge in [-0.1, -0.05) is 29.8 Å². The van der Waals surface area contributed by atoms with Crippen LogP contribution in [-0.4, -0.2) is 29.0 Å². The van der Waals surface area contributed by atoms with Gasteiger partial charge in [0.1, 0.15) is 6.61 Å². The van der Waals surface area contributed by atoms with Gasteiger partial charge in [0.15, 0.2) is 0 Å². The predicted octanol–water partition coefficient (Wildman–Crippen LogP) is 2.89. The Kier molecular flexibility index (Phi) is 4.57. The van der Waals surface area contributed by atoms with Gasteiger partial charge >= 0.3 is 23.9 Å². The van der Waals surface area contributed by atoms with Gasteiger partial charge in [0, 0.05) is 0 Å². The molecule has 0 aromatic heterocycles. The second kappa shape index (κ2) is 5.55. The molecule has 1 aromatic carbocycles. The lowest BCUT2D eigenvalue weighted by Gasteiger charge is -2.29. The first-order valence-electron chi connectivity index (χ1n) is 5.48. The molecule has 21 heavy (non-hydrogen) atoms. The number of ether oxygens (including phenoxy) is 1. The third kappa shape index (κ3) is 3.46. The molecular weight excluding hydrogens is 306 g/mol. The van der Waals surface area contributed by atoms with Crippen LogP contribution in [0.1, 0.15) is 11.1 Å². The minimum Gasteiger partial charge on any atom is -0.458 e. The zero-order valence-corrected chi connectivity index (χ0v) is 10.5. The smallest absolute Gasteiger partial charge is 0.437 e. The van der Waals surface area contributed by atoms with E-state index in [1.807, 2.05) is 0 Å². The van der Waals surface area contributed by atoms with Crippen molar-refractivity contribution in [2.45, 2.75) is 31.5 Å². The zero-order valence-electron chi connectivity index (χ0n) is 10.5. The molecule has 0 bridgehead atoms. The minimum absolute atomic E-state index is 0.190. The third-order valence-electron chi connectivity index (χ3n) is 2.57. The topological polar surface area (TPSA) is 46.5 Å². The summed E-state index contributed by atoms with van der Waals surface area (Å²) in [6.45, 7) is 0.808. The van der Waals surface area contributed by atoms with Crippen molar-refractivity contribution >= 4 is 5.97 Å². The lowest BCUT2D eigenvalue weighted by Crippen LogP contribution is -2.62. The summed E-state index contributed by atoms with van der Waals surface area (Å²) in [5.41, 5.74) is -4.69. The van der Waals surface area contributed by atoms with E-state index in [-0.39, 0.29) is 5.56 Å². The Hall–Kier alpha value is -1.77. The van der Waals surface area contributed by atoms with Crippen LogP contribution in [-0.2, 0) is 16.1 Å². The molecule has 9 heteroatoms. The number of alkyl halides is 6. The van der Waals surface area contributed by atoms with E-state index in [9.17, 15) is 31.1 Å². The van der Waals surface area contributed by atoms with Crippen LogP contribution >= 0.6 is 0 Å². The first-order valence-corrected chi connectivity index (χ1v) is 5.48. The van der Waals surface area contributed by atoms with Gasteiger partial charge in [-0.05, 0) is 12.5 Å². The van der Waals surface area contributed by atoms with E-state index >= 15 is 0 Å². The van der Waals surface area contributed by atoms with Crippen molar-refractivity contribution in [1.29, 1.82) is 0 Å². The molecule has 0 saturated carbocycles. The number of carbonyl (C=O) groups is 1. The molecule has 118 valence electrons. The quantitative estimate of drug-likeness (QED) is 0.689. The Morgan fingerprint density at radius 2 is 1.67 bits per heavy atom. The fourth-order valence-electron chi connectivity index (χ4n) is 1.45. The lowest BCUT2D eigenvalue weighted by molar-refractivity contribution is -0.357. The SMILES string of the molecule is Cc1cccc(COC(=O)C(O)(C(F)(F)F)C(F)(F)F)c1. The van der Waals surface area contributed by atoms with E-state index in [2.05, 4.69) is 4.74 Å². The van der Waals surface area contributed by atoms with Crippen molar-refractivity contribution in [3.05, 3.63) is 35.4 Å². The van der Waals surface area contributed by atoms with E-state index in [1.165, 1.54) is 18.2 Å². The normalized spacial score (nSPS) is 13.1. The molecule has 0 fully saturated rings. The predicted molar refractivity (Wildman–Crippen MR) is 58.0 cm³/mol. The number of hydrogen-bond donors (Lipinski definition) is 1. The molecule has 1 N–H and O–H groups in total. The average Bonchev–Trinajstić information content (AvgIpc) is 2.32. The maximum absolute atomic E-state index is 12.4. The Balaban J connectivity index is 2.94. The lowest BCUT2D eigenvalue weighted by atomic mass is 10.0. The fourth-order valence-corrected chi connectivity index (χ4v) is 1.45. The van der Waals surface area contributed by atoms with Crippen LogP contribution in [0, 0.1) is 6.92 Å². The van der Waals surface area contributed by atoms with Crippen molar-refractivity contribution in [2.75, 3.05) is 0 Å². The van der Waals surface area contributed by atoms with Crippen molar-refractivity contribution < 1.29 is 41.0 Å². The largest absolute Gasteiger partial charge is 0.458 e. The molecule has 0 spiro atoms. The summed E-state index contributed by atoms with van der Waals surface area (Å²) in [5, 5.41) is 8.76. The number of rotatable bonds is 3. The first kappa shape index (κ1) is 17.3. The molecule has 0 heterocycles. The van der Waals surface area contributed by atoms with E-state index in [0.29, 0.717) is 5.56 Å². The van der Waals surface area contributed by atoms with Gasteiger partial charge in [-0.15, -0.1) is 0 Å². The maximum Gasteiger partial charge on any atom is 0.437 e. The fraction of sp³-hybridized carbons (Fsp3) is 0.417. The summed E-state index contributed by atoms with van der Waals surface area (Å²) in [7, 11) is 0. The summed E-state index contributed by atoms with van der Waals surface area (Å²) in [4.78, 5) is 11.1. The highest BCUT2D eigenvalue weighted by atomic mass is 19.4. The molecule has 1 rings (SSSR count). The van der Waals surface area contributed by atoms with E-state index in [4.69, 9.17) is 5.11 Å². The molecule has 0 aliphatic heterocycles. The van der Waals surface area contributed by atoms with E-state index in [1.54, 1.807) is 13.0 Å². The van der Waals surface area contributed by atoms with Crippen LogP contribution in [0.5, 0.6) is 0 Å². The van der Waals surface area contributed by atoms with Gasteiger partial charge in [-0.25, -0.2) is 4.79 Å². The molecule has 1 aromatic rings. The van der Waals surface area contributed by atoms with Crippen LogP contribution in [0.25, 0.3) is 0 Å². The molecule has 3 nitrogen and oxygen atoms in total. The van der Waals surface area contributed by atoms with Crippen LogP contribution in [0.15, 0.2) is 24.3 Å². The highest BCUT2D eigenvalue weighted by molar-refractivity contribution is 5.81. The minimum atomic E-state index is -6.24. The number of aliphatic hydroxyl groups is 1. The summed E-state index contributed by atoms with van der Waals surface area (Å²) >= 11 is 0. The van der Waals surface area contributed by atoms with Crippen molar-refractivity contribution in [1.82, 2.24) is 0 Å². The Morgan fingerprint density at radius 3 is 2.10 bits per heavy atom. The van der Waals surface area contributed by atoms with Crippen molar-refractivity contribution in [3.8, 4) is 0 Å². The third-order valence-corrected chi connectivity index (χ3v) is 2.57. The van der Waals surface area contributed by atoms with E-state index in [0.717, 1.165) is 0 Å². The summed E-state index contributed by atoms with van der Waals surface area (Å²) in [6.07, 6.45) is -12.5. The highest BCUT2D eigenvalue weighted by Crippen LogP contribution is 2.43. The van der Waals surface area contributed by atoms with Gasteiger partial charge in [-0.3, -0.25) is 0 Å². The molecule has 0 amide bonds. The van der Waals surface area contributed by atoms with Gasteiger partial charge in [-0.2, -0.15) is 26.3 Å². The summed E-state index contributed by atoms with van der Waals surface area (Å²) in [6, 6.07) is 5.87. The van der Waals surface area contributed by atoms with Gasteiger partial charge in [0.2, 0.25) is 0 Å². The molecular formula is C12H10F6O3. The average molecular weight is 316 g/mol. The first-order chi connectivity index (χ1) is 9.39. The second-order valence-electron chi connectivity index (χ2n) is 4.27. The van der Waals surface area contributed by atoms with Crippen LogP contribution < -0.4 is 0 Å². The summed E-state index contributed by atoms with van der Waals surface area (Å²) < 4.78 is 78.2. The van der Waals surface area contributed by atoms with Gasteiger partial charge in [0.25, 0.3) is 0 Å². The number of esters is 1. The van der Waals surface area contributed by atoms with Crippen molar-refractivity contribution in [2.24, 2.45) is 0 Å². The second-order valence-corrected chi connectivity index (χ2v) is 4.27. The highest BCUT2D eigenvalue weighted by Gasteiger charge is 2.76. The number of benzene rings is 1.